The molecule has 5 nitrogen and oxygen atoms in total. The number of hydrogen-bond acceptors (Lipinski definition) is 3. The predicted octanol–water partition coefficient (Wildman–Crippen LogP) is 0.481. The lowest BCUT2D eigenvalue weighted by Crippen LogP contribution is -2.10. The monoisotopic (exact) mass is 181 g/mol. The van der Waals surface area contributed by atoms with E-state index in [0.717, 1.165) is 5.57 Å². The van der Waals surface area contributed by atoms with Gasteiger partial charge in [-0.3, -0.25) is 4.79 Å². The molecule has 0 aromatic carbocycles. The minimum Gasteiger partial charge on any atom is -0.481 e. The molecule has 0 unspecified atom stereocenters. The fourth-order valence-corrected chi connectivity index (χ4v) is 0.960. The zero-order valence-electron chi connectivity index (χ0n) is 7.40. The summed E-state index contributed by atoms with van der Waals surface area (Å²) < 4.78 is 1.54. The first kappa shape index (κ1) is 9.44. The molecule has 0 spiro atoms. The van der Waals surface area contributed by atoms with Gasteiger partial charge in [-0.1, -0.05) is 17.4 Å². The topological polar surface area (TPSA) is 68.0 Å². The van der Waals surface area contributed by atoms with E-state index < -0.39 is 5.97 Å². The van der Waals surface area contributed by atoms with E-state index in [4.69, 9.17) is 5.11 Å². The number of aromatic nitrogens is 3. The van der Waals surface area contributed by atoms with Crippen molar-refractivity contribution < 1.29 is 9.90 Å². The van der Waals surface area contributed by atoms with Gasteiger partial charge in [0.25, 0.3) is 0 Å². The summed E-state index contributed by atoms with van der Waals surface area (Å²) in [5.74, 6) is -0.884. The van der Waals surface area contributed by atoms with Crippen LogP contribution in [0.4, 0.5) is 0 Å². The Kier molecular flexibility index (Phi) is 2.79. The Bertz CT molecular complexity index is 299. The van der Waals surface area contributed by atoms with E-state index in [1.165, 1.54) is 10.9 Å². The van der Waals surface area contributed by atoms with E-state index in [1.807, 2.05) is 6.92 Å². The summed E-state index contributed by atoms with van der Waals surface area (Å²) >= 11 is 0. The summed E-state index contributed by atoms with van der Waals surface area (Å²) in [4.78, 5) is 10.4. The standard InChI is InChI=1S/C8H11N3O2/c1-6(2)5-11-7(3-8(12)13)4-9-10-11/h4H,1,3,5H2,2H3,(H,12,13). The van der Waals surface area contributed by atoms with Crippen molar-refractivity contribution in [3.05, 3.63) is 24.0 Å². The Morgan fingerprint density at radius 2 is 2.46 bits per heavy atom. The Morgan fingerprint density at radius 3 is 3.00 bits per heavy atom. The van der Waals surface area contributed by atoms with Gasteiger partial charge in [0, 0.05) is 0 Å². The van der Waals surface area contributed by atoms with Crippen molar-refractivity contribution in [2.45, 2.75) is 19.9 Å². The predicted molar refractivity (Wildman–Crippen MR) is 46.2 cm³/mol. The average Bonchev–Trinajstić information content (AvgIpc) is 2.34. The molecule has 0 bridgehead atoms. The summed E-state index contributed by atoms with van der Waals surface area (Å²) in [6.45, 7) is 6.08. The van der Waals surface area contributed by atoms with Crippen LogP contribution in [0.1, 0.15) is 12.6 Å². The minimum absolute atomic E-state index is 0.0553. The third kappa shape index (κ3) is 2.70. The van der Waals surface area contributed by atoms with Gasteiger partial charge in [-0.15, -0.1) is 5.10 Å². The smallest absolute Gasteiger partial charge is 0.309 e. The molecular weight excluding hydrogens is 170 g/mol. The summed E-state index contributed by atoms with van der Waals surface area (Å²) in [5.41, 5.74) is 1.51. The van der Waals surface area contributed by atoms with Crippen LogP contribution in [-0.4, -0.2) is 26.1 Å². The number of hydrogen-bond donors (Lipinski definition) is 1. The van der Waals surface area contributed by atoms with Crippen LogP contribution in [-0.2, 0) is 17.8 Å². The highest BCUT2D eigenvalue weighted by atomic mass is 16.4. The van der Waals surface area contributed by atoms with Crippen molar-refractivity contribution in [3.63, 3.8) is 0 Å². The second-order valence-corrected chi connectivity index (χ2v) is 2.91. The molecule has 13 heavy (non-hydrogen) atoms. The Morgan fingerprint density at radius 1 is 1.77 bits per heavy atom. The number of carboxylic acids is 1. The van der Waals surface area contributed by atoms with Crippen molar-refractivity contribution in [3.8, 4) is 0 Å². The van der Waals surface area contributed by atoms with Crippen molar-refractivity contribution >= 4 is 5.97 Å². The highest BCUT2D eigenvalue weighted by Gasteiger charge is 2.07. The third-order valence-corrected chi connectivity index (χ3v) is 1.45. The largest absolute Gasteiger partial charge is 0.481 e. The average molecular weight is 181 g/mol. The van der Waals surface area contributed by atoms with Gasteiger partial charge in [0.05, 0.1) is 24.9 Å². The Balaban J connectivity index is 2.76. The zero-order valence-corrected chi connectivity index (χ0v) is 7.40. The molecule has 70 valence electrons. The van der Waals surface area contributed by atoms with Crippen LogP contribution >= 0.6 is 0 Å². The van der Waals surface area contributed by atoms with Crippen LogP contribution in [0, 0.1) is 0 Å². The van der Waals surface area contributed by atoms with Gasteiger partial charge in [-0.2, -0.15) is 0 Å². The van der Waals surface area contributed by atoms with Gasteiger partial charge < -0.3 is 5.11 Å². The first-order valence-corrected chi connectivity index (χ1v) is 3.83. The Hall–Kier alpha value is -1.65. The molecule has 1 N–H and O–H groups in total. The lowest BCUT2D eigenvalue weighted by molar-refractivity contribution is -0.136. The first-order chi connectivity index (χ1) is 6.09. The summed E-state index contributed by atoms with van der Waals surface area (Å²) in [6.07, 6.45) is 1.40. The van der Waals surface area contributed by atoms with Crippen LogP contribution in [0.3, 0.4) is 0 Å². The van der Waals surface area contributed by atoms with E-state index in [2.05, 4.69) is 16.9 Å². The van der Waals surface area contributed by atoms with Crippen molar-refractivity contribution in [1.29, 1.82) is 0 Å². The van der Waals surface area contributed by atoms with E-state index in [-0.39, 0.29) is 6.42 Å². The zero-order chi connectivity index (χ0) is 9.84. The SMILES string of the molecule is C=C(C)Cn1nncc1CC(=O)O. The molecule has 1 aromatic heterocycles. The van der Waals surface area contributed by atoms with Gasteiger partial charge in [-0.05, 0) is 6.92 Å². The number of carbonyl (C=O) groups is 1. The molecule has 0 aliphatic heterocycles. The summed E-state index contributed by atoms with van der Waals surface area (Å²) in [5, 5.41) is 15.9. The molecular formula is C8H11N3O2. The van der Waals surface area contributed by atoms with Gasteiger partial charge in [0.2, 0.25) is 0 Å². The quantitative estimate of drug-likeness (QED) is 0.686. The molecule has 0 saturated carbocycles. The molecule has 0 fully saturated rings. The molecule has 0 atom stereocenters. The Labute approximate surface area is 75.7 Å². The number of carboxylic acid groups (broad SMARTS) is 1. The number of allylic oxidation sites excluding steroid dienone is 1. The van der Waals surface area contributed by atoms with E-state index in [1.54, 1.807) is 0 Å². The number of nitrogens with zero attached hydrogens (tertiary/aromatic N) is 3. The van der Waals surface area contributed by atoms with Gasteiger partial charge in [0.15, 0.2) is 0 Å². The van der Waals surface area contributed by atoms with Crippen LogP contribution in [0.15, 0.2) is 18.3 Å². The van der Waals surface area contributed by atoms with Crippen molar-refractivity contribution in [2.75, 3.05) is 0 Å². The fourth-order valence-electron chi connectivity index (χ4n) is 0.960. The lowest BCUT2D eigenvalue weighted by Gasteiger charge is -2.02. The van der Waals surface area contributed by atoms with Crippen molar-refractivity contribution in [1.82, 2.24) is 15.0 Å². The lowest BCUT2D eigenvalue weighted by atomic mass is 10.3. The normalized spacial score (nSPS) is 9.92. The molecule has 1 rings (SSSR count). The summed E-state index contributed by atoms with van der Waals surface area (Å²) in [6, 6.07) is 0. The van der Waals surface area contributed by atoms with Crippen LogP contribution < -0.4 is 0 Å². The molecule has 1 heterocycles. The van der Waals surface area contributed by atoms with Gasteiger partial charge in [-0.25, -0.2) is 4.68 Å². The maximum atomic E-state index is 10.4. The molecule has 0 aliphatic carbocycles. The van der Waals surface area contributed by atoms with Crippen LogP contribution in [0.2, 0.25) is 0 Å². The first-order valence-electron chi connectivity index (χ1n) is 3.83. The fraction of sp³-hybridized carbons (Fsp3) is 0.375. The second kappa shape index (κ2) is 3.84. The van der Waals surface area contributed by atoms with Crippen LogP contribution in [0.5, 0.6) is 0 Å². The molecule has 1 aromatic rings. The highest BCUT2D eigenvalue weighted by molar-refractivity contribution is 5.69. The van der Waals surface area contributed by atoms with Crippen molar-refractivity contribution in [2.24, 2.45) is 0 Å². The molecule has 0 aliphatic rings. The van der Waals surface area contributed by atoms with Crippen LogP contribution in [0.25, 0.3) is 0 Å². The molecule has 0 radical (unpaired) electrons. The minimum atomic E-state index is -0.884. The van der Waals surface area contributed by atoms with E-state index in [0.29, 0.717) is 12.2 Å². The molecule has 5 heteroatoms. The van der Waals surface area contributed by atoms with Gasteiger partial charge >= 0.3 is 5.97 Å². The summed E-state index contributed by atoms with van der Waals surface area (Å²) in [7, 11) is 0. The highest BCUT2D eigenvalue weighted by Crippen LogP contribution is 2.01. The molecule has 0 saturated heterocycles. The number of rotatable bonds is 4. The van der Waals surface area contributed by atoms with E-state index in [9.17, 15) is 4.79 Å². The number of aliphatic carboxylic acids is 1. The third-order valence-electron chi connectivity index (χ3n) is 1.45. The second-order valence-electron chi connectivity index (χ2n) is 2.91. The maximum Gasteiger partial charge on any atom is 0.309 e. The molecule has 0 amide bonds. The maximum absolute atomic E-state index is 10.4. The van der Waals surface area contributed by atoms with E-state index >= 15 is 0 Å². The van der Waals surface area contributed by atoms with Gasteiger partial charge in [0.1, 0.15) is 0 Å².